The van der Waals surface area contributed by atoms with Gasteiger partial charge in [-0.05, 0) is 30.8 Å². The van der Waals surface area contributed by atoms with Gasteiger partial charge in [-0.3, -0.25) is 0 Å². The lowest BCUT2D eigenvalue weighted by atomic mass is 10.1. The Kier molecular flexibility index (Phi) is 7.03. The number of hydrogen-bond donors (Lipinski definition) is 4. The summed E-state index contributed by atoms with van der Waals surface area (Å²) in [6, 6.07) is -0.149. The van der Waals surface area contributed by atoms with E-state index in [1.54, 1.807) is 0 Å². The summed E-state index contributed by atoms with van der Waals surface area (Å²) in [5, 5.41) is 0. The van der Waals surface area contributed by atoms with Crippen LogP contribution in [0.15, 0.2) is 0 Å². The fourth-order valence-electron chi connectivity index (χ4n) is 0.827. The highest BCUT2D eigenvalue weighted by Gasteiger charge is 2.15. The summed E-state index contributed by atoms with van der Waals surface area (Å²) in [5.41, 5.74) is 10.9. The number of rotatable bonds is 7. The van der Waals surface area contributed by atoms with Crippen molar-refractivity contribution in [2.24, 2.45) is 11.5 Å². The molecule has 6 N–H and O–H groups in total. The van der Waals surface area contributed by atoms with Crippen molar-refractivity contribution in [3.63, 3.8) is 0 Å². The van der Waals surface area contributed by atoms with Crippen molar-refractivity contribution in [2.75, 3.05) is 12.3 Å². The van der Waals surface area contributed by atoms with E-state index in [0.29, 0.717) is 23.7 Å². The van der Waals surface area contributed by atoms with Gasteiger partial charge in [-0.2, -0.15) is 0 Å². The zero-order valence-corrected chi connectivity index (χ0v) is 9.14. The number of unbranched alkanes of at least 4 members (excludes halogenated alkanes) is 1. The molecular weight excluding hydrogens is 211 g/mol. The van der Waals surface area contributed by atoms with E-state index in [1.165, 1.54) is 0 Å². The number of hydrogen-bond acceptors (Lipinski definition) is 4. The summed E-state index contributed by atoms with van der Waals surface area (Å²) >= 11 is 0.610. The van der Waals surface area contributed by atoms with Crippen LogP contribution in [0, 0.1) is 0 Å². The lowest BCUT2D eigenvalue weighted by Crippen LogP contribution is -2.22. The monoisotopic (exact) mass is 228 g/mol. The highest BCUT2D eigenvalue weighted by molar-refractivity contribution is 8.54. The van der Waals surface area contributed by atoms with E-state index >= 15 is 0 Å². The summed E-state index contributed by atoms with van der Waals surface area (Å²) in [6.45, 7) is -3.31. The van der Waals surface area contributed by atoms with Gasteiger partial charge in [0.1, 0.15) is 0 Å². The van der Waals surface area contributed by atoms with Crippen LogP contribution in [0.4, 0.5) is 0 Å². The zero-order valence-electron chi connectivity index (χ0n) is 7.43. The summed E-state index contributed by atoms with van der Waals surface area (Å²) in [6.07, 6.45) is 2.60. The molecule has 0 bridgehead atoms. The van der Waals surface area contributed by atoms with Gasteiger partial charge >= 0.3 is 6.80 Å². The quantitative estimate of drug-likeness (QED) is 0.368. The molecular formula is C6H17N2O3PS. The molecule has 0 rings (SSSR count). The van der Waals surface area contributed by atoms with Gasteiger partial charge in [-0.1, -0.05) is 6.42 Å². The Balaban J connectivity index is 3.40. The Morgan fingerprint density at radius 3 is 2.46 bits per heavy atom. The first kappa shape index (κ1) is 13.4. The molecule has 1 atom stereocenters. The average molecular weight is 228 g/mol. The highest BCUT2D eigenvalue weighted by Crippen LogP contribution is 2.50. The molecule has 0 amide bonds. The maximum atomic E-state index is 10.4. The van der Waals surface area contributed by atoms with Gasteiger partial charge in [0.05, 0.1) is 0 Å². The first-order chi connectivity index (χ1) is 5.95. The van der Waals surface area contributed by atoms with Crippen molar-refractivity contribution in [1.82, 2.24) is 0 Å². The van der Waals surface area contributed by atoms with E-state index in [2.05, 4.69) is 0 Å². The Bertz CT molecular complexity index is 175. The molecule has 0 aliphatic rings. The molecule has 0 radical (unpaired) electrons. The minimum atomic E-state index is -3.95. The Morgan fingerprint density at radius 1 is 1.38 bits per heavy atom. The standard InChI is InChI=1S/C6H17N2O3PS/c7-4-2-1-3-6(8)5-13-12(9,10)11/h6H,1-5,7-8H2,(H2,9,10,11)/t6-/m0/s1. The van der Waals surface area contributed by atoms with Crippen molar-refractivity contribution < 1.29 is 14.4 Å². The zero-order chi connectivity index (χ0) is 10.3. The molecule has 0 aliphatic carbocycles. The first-order valence-electron chi connectivity index (χ1n) is 4.11. The smallest absolute Gasteiger partial charge is 0.330 e. The number of nitrogens with two attached hydrogens (primary N) is 2. The van der Waals surface area contributed by atoms with Crippen molar-refractivity contribution in [2.45, 2.75) is 25.3 Å². The van der Waals surface area contributed by atoms with Crippen molar-refractivity contribution in [3.05, 3.63) is 0 Å². The molecule has 13 heavy (non-hydrogen) atoms. The van der Waals surface area contributed by atoms with E-state index in [-0.39, 0.29) is 6.04 Å². The van der Waals surface area contributed by atoms with E-state index in [9.17, 15) is 4.57 Å². The van der Waals surface area contributed by atoms with E-state index in [0.717, 1.165) is 19.3 Å². The van der Waals surface area contributed by atoms with Crippen LogP contribution < -0.4 is 11.5 Å². The van der Waals surface area contributed by atoms with Crippen molar-refractivity contribution in [1.29, 1.82) is 0 Å². The second-order valence-electron chi connectivity index (χ2n) is 2.83. The molecule has 0 spiro atoms. The van der Waals surface area contributed by atoms with E-state index in [1.807, 2.05) is 0 Å². The normalized spacial score (nSPS) is 14.5. The van der Waals surface area contributed by atoms with E-state index in [4.69, 9.17) is 21.3 Å². The second kappa shape index (κ2) is 6.81. The Labute approximate surface area is 82.2 Å². The molecule has 0 aromatic rings. The van der Waals surface area contributed by atoms with Gasteiger partial charge in [0, 0.05) is 11.8 Å². The minimum Gasteiger partial charge on any atom is -0.330 e. The molecule has 0 fully saturated rings. The SMILES string of the molecule is NCCCC[C@H](N)CSP(=O)(O)O. The van der Waals surface area contributed by atoms with Crippen LogP contribution in [0.5, 0.6) is 0 Å². The lowest BCUT2D eigenvalue weighted by molar-refractivity contribution is 0.396. The van der Waals surface area contributed by atoms with Crippen LogP contribution in [-0.2, 0) is 4.57 Å². The fraction of sp³-hybridized carbons (Fsp3) is 1.00. The maximum absolute atomic E-state index is 10.4. The predicted octanol–water partition coefficient (Wildman–Crippen LogP) is 0.269. The minimum absolute atomic E-state index is 0.149. The fourth-order valence-corrected chi connectivity index (χ4v) is 2.54. The van der Waals surface area contributed by atoms with Crippen LogP contribution in [-0.4, -0.2) is 28.1 Å². The molecule has 7 heteroatoms. The Hall–Kier alpha value is 0.420. The molecule has 5 nitrogen and oxygen atoms in total. The summed E-state index contributed by atoms with van der Waals surface area (Å²) in [5.74, 6) is 0.300. The summed E-state index contributed by atoms with van der Waals surface area (Å²) < 4.78 is 10.4. The van der Waals surface area contributed by atoms with Gasteiger partial charge in [0.15, 0.2) is 0 Å². The van der Waals surface area contributed by atoms with Crippen LogP contribution in [0.1, 0.15) is 19.3 Å². The van der Waals surface area contributed by atoms with Gasteiger partial charge in [-0.15, -0.1) is 0 Å². The molecule has 0 aliphatic heterocycles. The van der Waals surface area contributed by atoms with Crippen LogP contribution in [0.3, 0.4) is 0 Å². The molecule has 0 heterocycles. The maximum Gasteiger partial charge on any atom is 0.384 e. The lowest BCUT2D eigenvalue weighted by Gasteiger charge is -2.10. The third-order valence-electron chi connectivity index (χ3n) is 1.49. The van der Waals surface area contributed by atoms with Crippen LogP contribution in [0.2, 0.25) is 0 Å². The highest BCUT2D eigenvalue weighted by atomic mass is 32.7. The third-order valence-corrected chi connectivity index (χ3v) is 3.86. The second-order valence-corrected chi connectivity index (χ2v) is 6.61. The predicted molar refractivity (Wildman–Crippen MR) is 55.4 cm³/mol. The van der Waals surface area contributed by atoms with E-state index < -0.39 is 6.80 Å². The molecule has 0 aromatic heterocycles. The van der Waals surface area contributed by atoms with Gasteiger partial charge in [0.2, 0.25) is 0 Å². The molecule has 0 saturated heterocycles. The summed E-state index contributed by atoms with van der Waals surface area (Å²) in [7, 11) is 0. The van der Waals surface area contributed by atoms with Crippen molar-refractivity contribution >= 4 is 18.2 Å². The van der Waals surface area contributed by atoms with Gasteiger partial charge in [-0.25, -0.2) is 4.57 Å². The van der Waals surface area contributed by atoms with Crippen molar-refractivity contribution in [3.8, 4) is 0 Å². The molecule has 0 unspecified atom stereocenters. The first-order valence-corrected chi connectivity index (χ1v) is 7.31. The van der Waals surface area contributed by atoms with Gasteiger partial charge in [0.25, 0.3) is 0 Å². The Morgan fingerprint density at radius 2 is 2.00 bits per heavy atom. The molecule has 0 saturated carbocycles. The third kappa shape index (κ3) is 10.3. The largest absolute Gasteiger partial charge is 0.384 e. The molecule has 0 aromatic carbocycles. The average Bonchev–Trinajstić information content (AvgIpc) is 2.00. The summed E-state index contributed by atoms with van der Waals surface area (Å²) in [4.78, 5) is 17.1. The van der Waals surface area contributed by atoms with Gasteiger partial charge < -0.3 is 21.3 Å². The molecule has 80 valence electrons. The van der Waals surface area contributed by atoms with Crippen LogP contribution in [0.25, 0.3) is 0 Å². The topological polar surface area (TPSA) is 110 Å². The van der Waals surface area contributed by atoms with Crippen LogP contribution >= 0.6 is 18.2 Å².